The Bertz CT molecular complexity index is 1100. The number of nitrogens with one attached hydrogen (secondary N) is 1. The monoisotopic (exact) mass is 456 g/mol. The van der Waals surface area contributed by atoms with Crippen LogP contribution in [0.2, 0.25) is 0 Å². The Labute approximate surface area is 192 Å². The van der Waals surface area contributed by atoms with Crippen molar-refractivity contribution in [3.05, 3.63) is 53.3 Å². The lowest BCUT2D eigenvalue weighted by molar-refractivity contribution is 0.0469. The molecule has 33 heavy (non-hydrogen) atoms. The van der Waals surface area contributed by atoms with Crippen LogP contribution in [0, 0.1) is 5.82 Å². The van der Waals surface area contributed by atoms with E-state index in [0.29, 0.717) is 68.9 Å². The van der Waals surface area contributed by atoms with Crippen molar-refractivity contribution >= 4 is 11.5 Å². The highest BCUT2D eigenvalue weighted by Crippen LogP contribution is 2.45. The summed E-state index contributed by atoms with van der Waals surface area (Å²) in [6.07, 6.45) is 0.677. The van der Waals surface area contributed by atoms with Crippen molar-refractivity contribution in [1.82, 2.24) is 9.78 Å². The molecular formula is C24H29FN4O4. The summed E-state index contributed by atoms with van der Waals surface area (Å²) in [5.41, 5.74) is 10.2. The predicted octanol–water partition coefficient (Wildman–Crippen LogP) is 3.35. The lowest BCUT2D eigenvalue weighted by atomic mass is 10.1. The number of halogens is 1. The molecule has 1 aliphatic rings. The average Bonchev–Trinajstić information content (AvgIpc) is 3.34. The molecule has 3 N–H and O–H groups in total. The number of nitrogens with two attached hydrogens (primary N) is 1. The number of anilines is 2. The van der Waals surface area contributed by atoms with Crippen molar-refractivity contribution in [3.63, 3.8) is 0 Å². The van der Waals surface area contributed by atoms with Gasteiger partial charge < -0.3 is 30.0 Å². The van der Waals surface area contributed by atoms with E-state index in [1.807, 2.05) is 22.9 Å². The van der Waals surface area contributed by atoms with Crippen molar-refractivity contribution in [2.24, 2.45) is 5.73 Å². The van der Waals surface area contributed by atoms with Crippen LogP contribution in [0.5, 0.6) is 11.5 Å². The van der Waals surface area contributed by atoms with Gasteiger partial charge in [0.25, 0.3) is 0 Å². The minimum absolute atomic E-state index is 0.306. The van der Waals surface area contributed by atoms with Gasteiger partial charge in [-0.2, -0.15) is 5.10 Å². The number of ether oxygens (including phenoxy) is 4. The zero-order valence-electron chi connectivity index (χ0n) is 18.9. The fourth-order valence-electron chi connectivity index (χ4n) is 3.97. The first-order chi connectivity index (χ1) is 16.1. The summed E-state index contributed by atoms with van der Waals surface area (Å²) in [5.74, 6) is 1.72. The number of benzene rings is 2. The molecule has 0 atom stereocenters. The molecule has 0 spiro atoms. The normalized spacial score (nSPS) is 11.9. The first-order valence-electron chi connectivity index (χ1n) is 10.9. The lowest BCUT2D eigenvalue weighted by Crippen LogP contribution is -2.14. The molecular weight excluding hydrogens is 427 g/mol. The maximum atomic E-state index is 13.7. The summed E-state index contributed by atoms with van der Waals surface area (Å²) in [6, 6.07) is 10.3. The van der Waals surface area contributed by atoms with Crippen molar-refractivity contribution in [2.45, 2.75) is 13.0 Å². The van der Waals surface area contributed by atoms with Gasteiger partial charge in [0.1, 0.15) is 5.82 Å². The Hall–Kier alpha value is -3.14. The van der Waals surface area contributed by atoms with Crippen molar-refractivity contribution in [2.75, 3.05) is 52.5 Å². The van der Waals surface area contributed by atoms with Gasteiger partial charge in [-0.3, -0.25) is 4.68 Å². The summed E-state index contributed by atoms with van der Waals surface area (Å²) in [6.45, 7) is 3.03. The van der Waals surface area contributed by atoms with E-state index in [0.717, 1.165) is 22.4 Å². The van der Waals surface area contributed by atoms with Gasteiger partial charge in [0, 0.05) is 29.8 Å². The third kappa shape index (κ3) is 5.11. The van der Waals surface area contributed by atoms with Gasteiger partial charge in [-0.1, -0.05) is 6.07 Å². The minimum Gasteiger partial charge on any atom is -0.493 e. The van der Waals surface area contributed by atoms with E-state index < -0.39 is 0 Å². The molecule has 1 aromatic heterocycles. The molecule has 0 fully saturated rings. The fourth-order valence-corrected chi connectivity index (χ4v) is 3.97. The number of hydrogen-bond donors (Lipinski definition) is 2. The smallest absolute Gasteiger partial charge is 0.161 e. The van der Waals surface area contributed by atoms with Crippen molar-refractivity contribution in [3.8, 4) is 22.8 Å². The molecule has 0 amide bonds. The van der Waals surface area contributed by atoms with Gasteiger partial charge in [0.2, 0.25) is 0 Å². The molecule has 0 saturated carbocycles. The largest absolute Gasteiger partial charge is 0.493 e. The van der Waals surface area contributed by atoms with Gasteiger partial charge in [-0.05, 0) is 35.9 Å². The predicted molar refractivity (Wildman–Crippen MR) is 124 cm³/mol. The Morgan fingerprint density at radius 2 is 1.79 bits per heavy atom. The number of methoxy groups -OCH3 is 2. The second-order valence-corrected chi connectivity index (χ2v) is 7.59. The van der Waals surface area contributed by atoms with Gasteiger partial charge in [-0.15, -0.1) is 0 Å². The van der Waals surface area contributed by atoms with Crippen LogP contribution in [0.1, 0.15) is 11.1 Å². The zero-order chi connectivity index (χ0) is 23.2. The topological polar surface area (TPSA) is 92.8 Å². The highest BCUT2D eigenvalue weighted by molar-refractivity contribution is 5.82. The number of nitrogens with zero attached hydrogens (tertiary/aromatic N) is 2. The van der Waals surface area contributed by atoms with Crippen LogP contribution >= 0.6 is 0 Å². The van der Waals surface area contributed by atoms with Crippen LogP contribution in [-0.2, 0) is 22.4 Å². The molecule has 1 heterocycles. The van der Waals surface area contributed by atoms with E-state index >= 15 is 0 Å². The first kappa shape index (κ1) is 23.0. The molecule has 9 heteroatoms. The molecule has 3 aromatic rings. The summed E-state index contributed by atoms with van der Waals surface area (Å²) in [7, 11) is 3.24. The van der Waals surface area contributed by atoms with E-state index in [1.165, 1.54) is 12.1 Å². The Balaban J connectivity index is 1.60. The van der Waals surface area contributed by atoms with Crippen LogP contribution in [-0.4, -0.2) is 57.0 Å². The molecule has 2 aromatic carbocycles. The zero-order valence-corrected chi connectivity index (χ0v) is 18.9. The first-order valence-corrected chi connectivity index (χ1v) is 10.9. The van der Waals surface area contributed by atoms with Crippen LogP contribution < -0.4 is 20.5 Å². The molecule has 8 nitrogen and oxygen atoms in total. The van der Waals surface area contributed by atoms with Crippen LogP contribution in [0.4, 0.5) is 15.9 Å². The van der Waals surface area contributed by atoms with Crippen LogP contribution in [0.15, 0.2) is 36.4 Å². The fraction of sp³-hybridized carbons (Fsp3) is 0.375. The average molecular weight is 457 g/mol. The number of hydrogen-bond acceptors (Lipinski definition) is 7. The highest BCUT2D eigenvalue weighted by atomic mass is 19.1. The van der Waals surface area contributed by atoms with E-state index in [-0.39, 0.29) is 5.82 Å². The molecule has 0 bridgehead atoms. The summed E-state index contributed by atoms with van der Waals surface area (Å²) >= 11 is 0. The van der Waals surface area contributed by atoms with E-state index in [1.54, 1.807) is 20.3 Å². The second-order valence-electron chi connectivity index (χ2n) is 7.59. The summed E-state index contributed by atoms with van der Waals surface area (Å²) in [5, 5.41) is 8.06. The molecule has 0 aliphatic heterocycles. The maximum Gasteiger partial charge on any atom is 0.161 e. The molecule has 0 saturated heterocycles. The molecule has 0 radical (unpaired) electrons. The number of aromatic nitrogens is 2. The molecule has 0 unspecified atom stereocenters. The number of fused-ring (bicyclic) bond motifs is 3. The van der Waals surface area contributed by atoms with Gasteiger partial charge in [0.05, 0.1) is 52.9 Å². The maximum absolute atomic E-state index is 13.7. The molecule has 1 aliphatic carbocycles. The van der Waals surface area contributed by atoms with Crippen molar-refractivity contribution < 1.29 is 23.3 Å². The Morgan fingerprint density at radius 1 is 1.03 bits per heavy atom. The SMILES string of the molecule is COc1cc2c(cc1OC)-c1c(c(Nc3cccc(F)c3)nn1CCOCCOCCN)C2. The molecule has 176 valence electrons. The number of rotatable bonds is 12. The van der Waals surface area contributed by atoms with Crippen LogP contribution in [0.3, 0.4) is 0 Å². The Kier molecular flexibility index (Phi) is 7.43. The minimum atomic E-state index is -0.306. The lowest BCUT2D eigenvalue weighted by Gasteiger charge is -2.12. The molecule has 4 rings (SSSR count). The quantitative estimate of drug-likeness (QED) is 0.316. The van der Waals surface area contributed by atoms with E-state index in [2.05, 4.69) is 5.32 Å². The van der Waals surface area contributed by atoms with E-state index in [4.69, 9.17) is 29.8 Å². The van der Waals surface area contributed by atoms with Gasteiger partial charge in [0.15, 0.2) is 17.3 Å². The van der Waals surface area contributed by atoms with Gasteiger partial charge >= 0.3 is 0 Å². The Morgan fingerprint density at radius 3 is 2.52 bits per heavy atom. The highest BCUT2D eigenvalue weighted by Gasteiger charge is 2.29. The third-order valence-electron chi connectivity index (χ3n) is 5.45. The van der Waals surface area contributed by atoms with Crippen molar-refractivity contribution in [1.29, 1.82) is 0 Å². The van der Waals surface area contributed by atoms with Gasteiger partial charge in [-0.25, -0.2) is 4.39 Å². The standard InChI is InChI=1S/C24H29FN4O4/c1-30-21-13-16-12-20-23(19(16)15-22(21)31-2)29(7-9-33-11-10-32-8-6-26)28-24(20)27-18-5-3-4-17(25)14-18/h3-5,13-15H,6-12,26H2,1-2H3,(H,27,28). The summed E-state index contributed by atoms with van der Waals surface area (Å²) < 4.78 is 37.7. The summed E-state index contributed by atoms with van der Waals surface area (Å²) in [4.78, 5) is 0. The van der Waals surface area contributed by atoms with E-state index in [9.17, 15) is 4.39 Å². The second kappa shape index (κ2) is 10.7. The third-order valence-corrected chi connectivity index (χ3v) is 5.45. The van der Waals surface area contributed by atoms with Crippen LogP contribution in [0.25, 0.3) is 11.3 Å².